The largest absolute Gasteiger partial charge is 0.356 e. The Balaban J connectivity index is 1.66. The number of rotatable bonds is 8. The van der Waals surface area contributed by atoms with Crippen molar-refractivity contribution in [2.24, 2.45) is 10.9 Å². The van der Waals surface area contributed by atoms with Crippen LogP contribution in [0.25, 0.3) is 0 Å². The molecule has 0 unspecified atom stereocenters. The quantitative estimate of drug-likeness (QED) is 0.433. The summed E-state index contributed by atoms with van der Waals surface area (Å²) in [4.78, 5) is 4.13. The second-order valence-electron chi connectivity index (χ2n) is 5.75. The van der Waals surface area contributed by atoms with Crippen molar-refractivity contribution < 1.29 is 8.42 Å². The third-order valence-electron chi connectivity index (χ3n) is 3.63. The maximum absolute atomic E-state index is 12.1. The molecule has 2 rings (SSSR count). The van der Waals surface area contributed by atoms with Crippen molar-refractivity contribution in [2.45, 2.75) is 25.0 Å². The van der Waals surface area contributed by atoms with Crippen LogP contribution in [-0.4, -0.2) is 40.3 Å². The fourth-order valence-electron chi connectivity index (χ4n) is 2.18. The van der Waals surface area contributed by atoms with Crippen molar-refractivity contribution in [2.75, 3.05) is 25.9 Å². The molecule has 1 saturated carbocycles. The summed E-state index contributed by atoms with van der Waals surface area (Å²) in [6, 6.07) is 9.31. The summed E-state index contributed by atoms with van der Waals surface area (Å²) in [6.45, 7) is 1.56. The normalized spacial score (nSPS) is 15.6. The van der Waals surface area contributed by atoms with Crippen LogP contribution in [-0.2, 0) is 15.6 Å². The zero-order chi connectivity index (χ0) is 15.8. The maximum atomic E-state index is 12.1. The molecule has 122 valence electrons. The predicted octanol–water partition coefficient (Wildman–Crippen LogP) is 1.57. The highest BCUT2D eigenvalue weighted by Gasteiger charge is 2.21. The molecule has 0 radical (unpaired) electrons. The Hall–Kier alpha value is -1.56. The van der Waals surface area contributed by atoms with Gasteiger partial charge in [0.05, 0.1) is 11.5 Å². The molecule has 1 aliphatic carbocycles. The first-order chi connectivity index (χ1) is 10.6. The molecule has 0 aliphatic heterocycles. The van der Waals surface area contributed by atoms with E-state index < -0.39 is 9.84 Å². The van der Waals surface area contributed by atoms with Gasteiger partial charge in [0.25, 0.3) is 0 Å². The molecule has 22 heavy (non-hydrogen) atoms. The van der Waals surface area contributed by atoms with Crippen LogP contribution < -0.4 is 10.6 Å². The molecule has 1 aromatic rings. The minimum Gasteiger partial charge on any atom is -0.356 e. The van der Waals surface area contributed by atoms with E-state index in [1.54, 1.807) is 7.05 Å². The summed E-state index contributed by atoms with van der Waals surface area (Å²) in [5.74, 6) is 1.84. The number of nitrogens with zero attached hydrogens (tertiary/aromatic N) is 1. The molecule has 0 atom stereocenters. The Morgan fingerprint density at radius 1 is 1.23 bits per heavy atom. The number of guanidine groups is 1. The average molecular weight is 323 g/mol. The van der Waals surface area contributed by atoms with Crippen molar-refractivity contribution in [3.05, 3.63) is 35.9 Å². The van der Waals surface area contributed by atoms with Gasteiger partial charge in [0.1, 0.15) is 0 Å². The molecule has 0 saturated heterocycles. The van der Waals surface area contributed by atoms with Gasteiger partial charge in [0.15, 0.2) is 15.8 Å². The molecule has 1 aromatic carbocycles. The zero-order valence-electron chi connectivity index (χ0n) is 13.1. The standard InChI is InChI=1S/C16H25N3O2S/c1-17-16(19-12-14-8-9-14)18-10-5-11-22(20,21)13-15-6-3-2-4-7-15/h2-4,6-7,14H,5,8-13H2,1H3,(H2,17,18,19). The van der Waals surface area contributed by atoms with E-state index in [0.29, 0.717) is 13.0 Å². The molecule has 0 bridgehead atoms. The van der Waals surface area contributed by atoms with Crippen molar-refractivity contribution in [1.82, 2.24) is 10.6 Å². The molecule has 2 N–H and O–H groups in total. The van der Waals surface area contributed by atoms with E-state index in [1.165, 1.54) is 12.8 Å². The van der Waals surface area contributed by atoms with Crippen molar-refractivity contribution in [3.8, 4) is 0 Å². The molecule has 0 amide bonds. The summed E-state index contributed by atoms with van der Waals surface area (Å²) < 4.78 is 24.1. The van der Waals surface area contributed by atoms with E-state index in [0.717, 1.165) is 24.0 Å². The van der Waals surface area contributed by atoms with E-state index in [2.05, 4.69) is 15.6 Å². The Labute approximate surface area is 133 Å². The Morgan fingerprint density at radius 2 is 1.95 bits per heavy atom. The Bertz CT molecular complexity index is 581. The van der Waals surface area contributed by atoms with E-state index >= 15 is 0 Å². The summed E-state index contributed by atoms with van der Waals surface area (Å²) in [5.41, 5.74) is 0.845. The number of nitrogens with one attached hydrogen (secondary N) is 2. The molecule has 6 heteroatoms. The highest BCUT2D eigenvalue weighted by atomic mass is 32.2. The fraction of sp³-hybridized carbons (Fsp3) is 0.562. The van der Waals surface area contributed by atoms with Crippen LogP contribution in [0.15, 0.2) is 35.3 Å². The first-order valence-electron chi connectivity index (χ1n) is 7.78. The second kappa shape index (κ2) is 8.17. The van der Waals surface area contributed by atoms with E-state index in [1.807, 2.05) is 30.3 Å². The topological polar surface area (TPSA) is 70.6 Å². The molecule has 0 spiro atoms. The molecule has 1 fully saturated rings. The summed E-state index contributed by atoms with van der Waals surface area (Å²) >= 11 is 0. The lowest BCUT2D eigenvalue weighted by molar-refractivity contribution is 0.591. The molecule has 0 heterocycles. The van der Waals surface area contributed by atoms with Crippen molar-refractivity contribution in [3.63, 3.8) is 0 Å². The lowest BCUT2D eigenvalue weighted by Crippen LogP contribution is -2.39. The van der Waals surface area contributed by atoms with Gasteiger partial charge in [-0.3, -0.25) is 4.99 Å². The first kappa shape index (κ1) is 16.8. The van der Waals surface area contributed by atoms with Crippen LogP contribution in [0, 0.1) is 5.92 Å². The molecular formula is C16H25N3O2S. The molecule has 0 aromatic heterocycles. The third kappa shape index (κ3) is 6.47. The van der Waals surface area contributed by atoms with E-state index in [9.17, 15) is 8.42 Å². The SMILES string of the molecule is CN=C(NCCCS(=O)(=O)Cc1ccccc1)NCC1CC1. The highest BCUT2D eigenvalue weighted by molar-refractivity contribution is 7.90. The van der Waals surface area contributed by atoms with Crippen LogP contribution >= 0.6 is 0 Å². The van der Waals surface area contributed by atoms with Crippen LogP contribution in [0.5, 0.6) is 0 Å². The fourth-order valence-corrected chi connectivity index (χ4v) is 3.61. The number of aliphatic imine (C=N–C) groups is 1. The molecular weight excluding hydrogens is 298 g/mol. The Morgan fingerprint density at radius 3 is 2.59 bits per heavy atom. The number of hydrogen-bond acceptors (Lipinski definition) is 3. The van der Waals surface area contributed by atoms with E-state index in [-0.39, 0.29) is 11.5 Å². The second-order valence-corrected chi connectivity index (χ2v) is 7.94. The number of sulfone groups is 1. The van der Waals surface area contributed by atoms with Gasteiger partial charge in [-0.1, -0.05) is 30.3 Å². The van der Waals surface area contributed by atoms with Gasteiger partial charge in [-0.15, -0.1) is 0 Å². The van der Waals surface area contributed by atoms with Gasteiger partial charge in [-0.2, -0.15) is 0 Å². The lowest BCUT2D eigenvalue weighted by Gasteiger charge is -2.11. The Kier molecular flexibility index (Phi) is 6.24. The van der Waals surface area contributed by atoms with Gasteiger partial charge in [-0.25, -0.2) is 8.42 Å². The minimum absolute atomic E-state index is 0.114. The van der Waals surface area contributed by atoms with Gasteiger partial charge in [0.2, 0.25) is 0 Å². The smallest absolute Gasteiger partial charge is 0.190 e. The van der Waals surface area contributed by atoms with Gasteiger partial charge in [0, 0.05) is 20.1 Å². The zero-order valence-corrected chi connectivity index (χ0v) is 13.9. The first-order valence-corrected chi connectivity index (χ1v) is 9.60. The summed E-state index contributed by atoms with van der Waals surface area (Å²) in [5, 5.41) is 6.42. The van der Waals surface area contributed by atoms with E-state index in [4.69, 9.17) is 0 Å². The maximum Gasteiger partial charge on any atom is 0.190 e. The van der Waals surface area contributed by atoms with Crippen molar-refractivity contribution in [1.29, 1.82) is 0 Å². The van der Waals surface area contributed by atoms with Crippen molar-refractivity contribution >= 4 is 15.8 Å². The van der Waals surface area contributed by atoms with Crippen LogP contribution in [0.2, 0.25) is 0 Å². The highest BCUT2D eigenvalue weighted by Crippen LogP contribution is 2.27. The predicted molar refractivity (Wildman–Crippen MR) is 90.6 cm³/mol. The monoisotopic (exact) mass is 323 g/mol. The molecule has 1 aliphatic rings. The number of benzene rings is 1. The van der Waals surface area contributed by atoms with Crippen LogP contribution in [0.1, 0.15) is 24.8 Å². The lowest BCUT2D eigenvalue weighted by atomic mass is 10.2. The number of hydrogen-bond donors (Lipinski definition) is 2. The molecule has 5 nitrogen and oxygen atoms in total. The summed E-state index contributed by atoms with van der Waals surface area (Å²) in [6.07, 6.45) is 3.17. The van der Waals surface area contributed by atoms with Gasteiger partial charge in [-0.05, 0) is 30.7 Å². The van der Waals surface area contributed by atoms with Crippen LogP contribution in [0.4, 0.5) is 0 Å². The van der Waals surface area contributed by atoms with Gasteiger partial charge < -0.3 is 10.6 Å². The third-order valence-corrected chi connectivity index (χ3v) is 5.32. The van der Waals surface area contributed by atoms with Gasteiger partial charge >= 0.3 is 0 Å². The summed E-state index contributed by atoms with van der Waals surface area (Å²) in [7, 11) is -1.32. The minimum atomic E-state index is -3.06. The average Bonchev–Trinajstić information content (AvgIpc) is 3.31. The van der Waals surface area contributed by atoms with Crippen LogP contribution in [0.3, 0.4) is 0 Å².